The van der Waals surface area contributed by atoms with Crippen LogP contribution in [0.5, 0.6) is 0 Å². The van der Waals surface area contributed by atoms with Crippen LogP contribution in [-0.2, 0) is 4.79 Å². The number of nitrogens with zero attached hydrogens (tertiary/aromatic N) is 5. The van der Waals surface area contributed by atoms with E-state index in [0.717, 1.165) is 25.7 Å². The van der Waals surface area contributed by atoms with Crippen LogP contribution in [0, 0.1) is 5.92 Å². The molecule has 0 unspecified atom stereocenters. The van der Waals surface area contributed by atoms with Crippen LogP contribution in [0.15, 0.2) is 48.8 Å². The van der Waals surface area contributed by atoms with Gasteiger partial charge in [0.25, 0.3) is 0 Å². The second-order valence-electron chi connectivity index (χ2n) is 6.56. The fourth-order valence-electron chi connectivity index (χ4n) is 3.23. The predicted molar refractivity (Wildman–Crippen MR) is 101 cm³/mol. The van der Waals surface area contributed by atoms with Gasteiger partial charge in [-0.2, -0.15) is 9.97 Å². The summed E-state index contributed by atoms with van der Waals surface area (Å²) < 4.78 is 0. The molecular formula is C20H20N6O. The molecule has 3 heterocycles. The fourth-order valence-corrected chi connectivity index (χ4v) is 3.23. The van der Waals surface area contributed by atoms with Crippen molar-refractivity contribution >= 4 is 11.9 Å². The van der Waals surface area contributed by atoms with Crippen LogP contribution in [-0.4, -0.2) is 30.8 Å². The Morgan fingerprint density at radius 1 is 0.815 bits per heavy atom. The van der Waals surface area contributed by atoms with Crippen LogP contribution in [0.1, 0.15) is 32.1 Å². The maximum Gasteiger partial charge on any atom is 0.233 e. The monoisotopic (exact) mass is 360 g/mol. The number of rotatable bonds is 4. The van der Waals surface area contributed by atoms with E-state index in [1.807, 2.05) is 36.4 Å². The molecule has 1 fully saturated rings. The first kappa shape index (κ1) is 17.2. The lowest BCUT2D eigenvalue weighted by atomic mass is 9.89. The molecule has 7 heteroatoms. The normalized spacial score (nSPS) is 14.7. The molecule has 0 radical (unpaired) electrons. The Labute approximate surface area is 157 Å². The molecule has 1 aliphatic rings. The maximum atomic E-state index is 12.6. The number of hydrogen-bond donors (Lipinski definition) is 1. The van der Waals surface area contributed by atoms with Gasteiger partial charge in [0.2, 0.25) is 11.9 Å². The minimum atomic E-state index is -0.0279. The summed E-state index contributed by atoms with van der Waals surface area (Å²) in [6.07, 6.45) is 8.57. The van der Waals surface area contributed by atoms with Crippen LogP contribution >= 0.6 is 0 Å². The molecule has 0 bridgehead atoms. The van der Waals surface area contributed by atoms with E-state index >= 15 is 0 Å². The van der Waals surface area contributed by atoms with Gasteiger partial charge >= 0.3 is 0 Å². The van der Waals surface area contributed by atoms with Crippen LogP contribution in [0.2, 0.25) is 0 Å². The lowest BCUT2D eigenvalue weighted by Crippen LogP contribution is -2.26. The molecule has 0 spiro atoms. The van der Waals surface area contributed by atoms with Crippen molar-refractivity contribution in [3.05, 3.63) is 48.8 Å². The van der Waals surface area contributed by atoms with Crippen molar-refractivity contribution in [3.63, 3.8) is 0 Å². The van der Waals surface area contributed by atoms with E-state index < -0.39 is 0 Å². The minimum Gasteiger partial charge on any atom is -0.294 e. The predicted octanol–water partition coefficient (Wildman–Crippen LogP) is 3.51. The van der Waals surface area contributed by atoms with Crippen molar-refractivity contribution in [3.8, 4) is 23.0 Å². The lowest BCUT2D eigenvalue weighted by Gasteiger charge is -2.20. The molecular weight excluding hydrogens is 340 g/mol. The number of anilines is 1. The van der Waals surface area contributed by atoms with Crippen LogP contribution in [0.4, 0.5) is 5.95 Å². The number of pyridine rings is 2. The maximum absolute atomic E-state index is 12.6. The topological polar surface area (TPSA) is 93.6 Å². The summed E-state index contributed by atoms with van der Waals surface area (Å²) in [4.78, 5) is 34.6. The summed E-state index contributed by atoms with van der Waals surface area (Å²) in [6.45, 7) is 0. The Balaban J connectivity index is 1.68. The Kier molecular flexibility index (Phi) is 5.09. The van der Waals surface area contributed by atoms with E-state index in [9.17, 15) is 4.79 Å². The van der Waals surface area contributed by atoms with Crippen molar-refractivity contribution in [2.24, 2.45) is 5.92 Å². The fraction of sp³-hybridized carbons (Fsp3) is 0.300. The standard InChI is InChI=1S/C20H20N6O/c27-19(14-8-2-1-3-9-14)26-20-24-17(15-10-4-6-12-21-15)23-18(25-20)16-11-5-7-13-22-16/h4-7,10-14H,1-3,8-9H2,(H,23,24,25,26,27). The van der Waals surface area contributed by atoms with E-state index in [0.29, 0.717) is 23.0 Å². The summed E-state index contributed by atoms with van der Waals surface area (Å²) in [5, 5.41) is 2.88. The molecule has 0 atom stereocenters. The number of carbonyl (C=O) groups is 1. The average Bonchev–Trinajstić information content (AvgIpc) is 2.75. The van der Waals surface area contributed by atoms with Crippen molar-refractivity contribution < 1.29 is 4.79 Å². The second-order valence-corrected chi connectivity index (χ2v) is 6.56. The number of aromatic nitrogens is 5. The van der Waals surface area contributed by atoms with E-state index in [1.165, 1.54) is 6.42 Å². The average molecular weight is 360 g/mol. The van der Waals surface area contributed by atoms with Gasteiger partial charge in [-0.1, -0.05) is 31.4 Å². The lowest BCUT2D eigenvalue weighted by molar-refractivity contribution is -0.120. The number of nitrogens with one attached hydrogen (secondary N) is 1. The SMILES string of the molecule is O=C(Nc1nc(-c2ccccn2)nc(-c2ccccn2)n1)C1CCCCC1. The second kappa shape index (κ2) is 7.99. The summed E-state index contributed by atoms with van der Waals surface area (Å²) in [5.41, 5.74) is 1.23. The first-order chi connectivity index (χ1) is 13.3. The summed E-state index contributed by atoms with van der Waals surface area (Å²) in [5.74, 6) is 1.05. The van der Waals surface area contributed by atoms with Crippen molar-refractivity contribution in [1.82, 2.24) is 24.9 Å². The van der Waals surface area contributed by atoms with Crippen molar-refractivity contribution in [2.45, 2.75) is 32.1 Å². The van der Waals surface area contributed by atoms with Gasteiger partial charge in [-0.15, -0.1) is 0 Å². The quantitative estimate of drug-likeness (QED) is 0.765. The van der Waals surface area contributed by atoms with Gasteiger partial charge in [-0.05, 0) is 37.1 Å². The van der Waals surface area contributed by atoms with Crippen LogP contribution in [0.25, 0.3) is 23.0 Å². The van der Waals surface area contributed by atoms with Gasteiger partial charge in [0.1, 0.15) is 11.4 Å². The molecule has 0 aromatic carbocycles. The van der Waals surface area contributed by atoms with Gasteiger partial charge < -0.3 is 0 Å². The first-order valence-corrected chi connectivity index (χ1v) is 9.19. The Morgan fingerprint density at radius 3 is 1.93 bits per heavy atom. The van der Waals surface area contributed by atoms with E-state index in [2.05, 4.69) is 30.2 Å². The molecule has 0 aliphatic heterocycles. The zero-order valence-corrected chi connectivity index (χ0v) is 14.9. The van der Waals surface area contributed by atoms with Gasteiger partial charge in [-0.3, -0.25) is 20.1 Å². The largest absolute Gasteiger partial charge is 0.294 e. The van der Waals surface area contributed by atoms with Crippen LogP contribution in [0.3, 0.4) is 0 Å². The molecule has 136 valence electrons. The van der Waals surface area contributed by atoms with Crippen molar-refractivity contribution in [2.75, 3.05) is 5.32 Å². The number of amides is 1. The highest BCUT2D eigenvalue weighted by Gasteiger charge is 2.22. The molecule has 1 saturated carbocycles. The zero-order chi connectivity index (χ0) is 18.5. The molecule has 4 rings (SSSR count). The molecule has 27 heavy (non-hydrogen) atoms. The van der Waals surface area contributed by atoms with E-state index in [-0.39, 0.29) is 17.8 Å². The smallest absolute Gasteiger partial charge is 0.233 e. The van der Waals surface area contributed by atoms with E-state index in [4.69, 9.17) is 0 Å². The third kappa shape index (κ3) is 4.13. The van der Waals surface area contributed by atoms with Crippen molar-refractivity contribution in [1.29, 1.82) is 0 Å². The van der Waals surface area contributed by atoms with E-state index in [1.54, 1.807) is 12.4 Å². The molecule has 0 saturated heterocycles. The van der Waals surface area contributed by atoms with Gasteiger partial charge in [-0.25, -0.2) is 4.98 Å². The highest BCUT2D eigenvalue weighted by atomic mass is 16.2. The minimum absolute atomic E-state index is 0.0205. The molecule has 7 nitrogen and oxygen atoms in total. The summed E-state index contributed by atoms with van der Waals surface area (Å²) >= 11 is 0. The molecule has 1 N–H and O–H groups in total. The molecule has 3 aromatic rings. The number of carbonyl (C=O) groups excluding carboxylic acids is 1. The Bertz CT molecular complexity index is 853. The van der Waals surface area contributed by atoms with Crippen LogP contribution < -0.4 is 5.32 Å². The van der Waals surface area contributed by atoms with Gasteiger partial charge in [0, 0.05) is 18.3 Å². The summed E-state index contributed by atoms with van der Waals surface area (Å²) in [6, 6.07) is 11.0. The summed E-state index contributed by atoms with van der Waals surface area (Å²) in [7, 11) is 0. The molecule has 1 amide bonds. The number of hydrogen-bond acceptors (Lipinski definition) is 6. The highest BCUT2D eigenvalue weighted by molar-refractivity contribution is 5.91. The molecule has 3 aromatic heterocycles. The highest BCUT2D eigenvalue weighted by Crippen LogP contribution is 2.25. The Hall–Kier alpha value is -3.22. The molecule has 1 aliphatic carbocycles. The zero-order valence-electron chi connectivity index (χ0n) is 14.9. The van der Waals surface area contributed by atoms with Gasteiger partial charge in [0.05, 0.1) is 0 Å². The Morgan fingerprint density at radius 2 is 1.41 bits per heavy atom. The first-order valence-electron chi connectivity index (χ1n) is 9.19. The third-order valence-electron chi connectivity index (χ3n) is 4.63. The van der Waals surface area contributed by atoms with Gasteiger partial charge in [0.15, 0.2) is 11.6 Å². The third-order valence-corrected chi connectivity index (χ3v) is 4.63.